The SMILES string of the molecule is CCOc1cccc(C(O)c2cc3ccccc3o2)c1. The highest BCUT2D eigenvalue weighted by Crippen LogP contribution is 2.29. The number of aliphatic hydroxyl groups is 1. The molecule has 0 amide bonds. The van der Waals surface area contributed by atoms with Crippen molar-refractivity contribution < 1.29 is 14.3 Å². The fourth-order valence-corrected chi connectivity index (χ4v) is 2.24. The van der Waals surface area contributed by atoms with Crippen LogP contribution in [0.4, 0.5) is 0 Å². The third kappa shape index (κ3) is 2.40. The first kappa shape index (κ1) is 12.8. The Kier molecular flexibility index (Phi) is 3.44. The average molecular weight is 268 g/mol. The largest absolute Gasteiger partial charge is 0.494 e. The predicted octanol–water partition coefficient (Wildman–Crippen LogP) is 3.91. The molecule has 0 bridgehead atoms. The van der Waals surface area contributed by atoms with Crippen molar-refractivity contribution in [2.75, 3.05) is 6.61 Å². The standard InChI is InChI=1S/C17H16O3/c1-2-19-14-8-5-7-13(10-14)17(18)16-11-12-6-3-4-9-15(12)20-16/h3-11,17-18H,2H2,1H3. The molecule has 3 aromatic rings. The molecule has 1 heterocycles. The Bertz CT molecular complexity index is 682. The number of ether oxygens (including phenoxy) is 1. The molecule has 3 rings (SSSR count). The highest BCUT2D eigenvalue weighted by atomic mass is 16.5. The molecule has 1 N–H and O–H groups in total. The predicted molar refractivity (Wildman–Crippen MR) is 77.9 cm³/mol. The molecule has 0 fully saturated rings. The summed E-state index contributed by atoms with van der Waals surface area (Å²) < 4.78 is 11.1. The van der Waals surface area contributed by atoms with Crippen LogP contribution in [0.2, 0.25) is 0 Å². The van der Waals surface area contributed by atoms with Gasteiger partial charge >= 0.3 is 0 Å². The van der Waals surface area contributed by atoms with E-state index in [-0.39, 0.29) is 0 Å². The number of hydrogen-bond acceptors (Lipinski definition) is 3. The van der Waals surface area contributed by atoms with Gasteiger partial charge in [0.05, 0.1) is 6.61 Å². The maximum absolute atomic E-state index is 10.4. The minimum Gasteiger partial charge on any atom is -0.494 e. The van der Waals surface area contributed by atoms with Gasteiger partial charge in [0.2, 0.25) is 0 Å². The minimum absolute atomic E-state index is 0.542. The summed E-state index contributed by atoms with van der Waals surface area (Å²) in [4.78, 5) is 0. The van der Waals surface area contributed by atoms with Crippen LogP contribution in [0.15, 0.2) is 59.0 Å². The second-order valence-electron chi connectivity index (χ2n) is 4.59. The number of fused-ring (bicyclic) bond motifs is 1. The zero-order valence-electron chi connectivity index (χ0n) is 11.2. The Morgan fingerprint density at radius 2 is 1.95 bits per heavy atom. The Hall–Kier alpha value is -2.26. The maximum Gasteiger partial charge on any atom is 0.138 e. The van der Waals surface area contributed by atoms with Gasteiger partial charge in [-0.25, -0.2) is 0 Å². The molecule has 0 spiro atoms. The molecule has 2 aromatic carbocycles. The van der Waals surface area contributed by atoms with Crippen LogP contribution in [0.3, 0.4) is 0 Å². The van der Waals surface area contributed by atoms with Crippen molar-refractivity contribution >= 4 is 11.0 Å². The van der Waals surface area contributed by atoms with Crippen LogP contribution in [-0.2, 0) is 0 Å². The third-order valence-electron chi connectivity index (χ3n) is 3.20. The van der Waals surface area contributed by atoms with Gasteiger partial charge in [-0.05, 0) is 36.8 Å². The molecule has 0 saturated carbocycles. The molecule has 1 unspecified atom stereocenters. The molecule has 102 valence electrons. The Morgan fingerprint density at radius 1 is 1.10 bits per heavy atom. The van der Waals surface area contributed by atoms with E-state index in [0.717, 1.165) is 22.3 Å². The van der Waals surface area contributed by atoms with Crippen molar-refractivity contribution in [3.8, 4) is 5.75 Å². The molecule has 0 radical (unpaired) electrons. The smallest absolute Gasteiger partial charge is 0.138 e. The number of benzene rings is 2. The van der Waals surface area contributed by atoms with E-state index >= 15 is 0 Å². The summed E-state index contributed by atoms with van der Waals surface area (Å²) in [6, 6.07) is 17.0. The van der Waals surface area contributed by atoms with Crippen molar-refractivity contribution in [1.29, 1.82) is 0 Å². The van der Waals surface area contributed by atoms with Gasteiger partial charge in [-0.1, -0.05) is 30.3 Å². The second kappa shape index (κ2) is 5.39. The molecule has 0 aliphatic rings. The third-order valence-corrected chi connectivity index (χ3v) is 3.20. The summed E-state index contributed by atoms with van der Waals surface area (Å²) in [5.74, 6) is 1.29. The summed E-state index contributed by atoms with van der Waals surface area (Å²) in [6.45, 7) is 2.53. The van der Waals surface area contributed by atoms with E-state index in [1.54, 1.807) is 0 Å². The van der Waals surface area contributed by atoms with Crippen LogP contribution < -0.4 is 4.74 Å². The second-order valence-corrected chi connectivity index (χ2v) is 4.59. The normalized spacial score (nSPS) is 12.5. The molecule has 0 aliphatic carbocycles. The first-order valence-electron chi connectivity index (χ1n) is 6.67. The van der Waals surface area contributed by atoms with E-state index in [1.165, 1.54) is 0 Å². The van der Waals surface area contributed by atoms with Crippen molar-refractivity contribution in [3.63, 3.8) is 0 Å². The van der Waals surface area contributed by atoms with Gasteiger partial charge in [0, 0.05) is 5.39 Å². The topological polar surface area (TPSA) is 42.6 Å². The van der Waals surface area contributed by atoms with E-state index in [9.17, 15) is 5.11 Å². The number of hydrogen-bond donors (Lipinski definition) is 1. The number of furan rings is 1. The van der Waals surface area contributed by atoms with Crippen LogP contribution in [0, 0.1) is 0 Å². The van der Waals surface area contributed by atoms with E-state index in [0.29, 0.717) is 12.4 Å². The monoisotopic (exact) mass is 268 g/mol. The summed E-state index contributed by atoms with van der Waals surface area (Å²) in [5.41, 5.74) is 1.54. The van der Waals surface area contributed by atoms with Gasteiger partial charge in [-0.2, -0.15) is 0 Å². The van der Waals surface area contributed by atoms with Gasteiger partial charge in [-0.3, -0.25) is 0 Å². The quantitative estimate of drug-likeness (QED) is 0.780. The Morgan fingerprint density at radius 3 is 2.75 bits per heavy atom. The van der Waals surface area contributed by atoms with Crippen LogP contribution in [0.1, 0.15) is 24.4 Å². The van der Waals surface area contributed by atoms with Crippen LogP contribution in [-0.4, -0.2) is 11.7 Å². The molecule has 0 aliphatic heterocycles. The van der Waals surface area contributed by atoms with E-state index in [2.05, 4.69) is 0 Å². The van der Waals surface area contributed by atoms with Gasteiger partial charge < -0.3 is 14.3 Å². The van der Waals surface area contributed by atoms with Gasteiger partial charge in [-0.15, -0.1) is 0 Å². The molecule has 0 saturated heterocycles. The van der Waals surface area contributed by atoms with Crippen molar-refractivity contribution in [3.05, 3.63) is 65.9 Å². The van der Waals surface area contributed by atoms with Crippen molar-refractivity contribution in [1.82, 2.24) is 0 Å². The van der Waals surface area contributed by atoms with E-state index in [1.807, 2.05) is 61.5 Å². The van der Waals surface area contributed by atoms with Crippen molar-refractivity contribution in [2.45, 2.75) is 13.0 Å². The molecular formula is C17H16O3. The lowest BCUT2D eigenvalue weighted by molar-refractivity contribution is 0.191. The van der Waals surface area contributed by atoms with Gasteiger partial charge in [0.15, 0.2) is 0 Å². The van der Waals surface area contributed by atoms with Gasteiger partial charge in [0.25, 0.3) is 0 Å². The maximum atomic E-state index is 10.4. The number of rotatable bonds is 4. The molecular weight excluding hydrogens is 252 g/mol. The molecule has 3 heteroatoms. The molecule has 1 atom stereocenters. The van der Waals surface area contributed by atoms with Crippen LogP contribution in [0.25, 0.3) is 11.0 Å². The fraction of sp³-hybridized carbons (Fsp3) is 0.176. The zero-order chi connectivity index (χ0) is 13.9. The first-order valence-corrected chi connectivity index (χ1v) is 6.67. The lowest BCUT2D eigenvalue weighted by Crippen LogP contribution is -1.99. The lowest BCUT2D eigenvalue weighted by atomic mass is 10.1. The minimum atomic E-state index is -0.789. The highest BCUT2D eigenvalue weighted by Gasteiger charge is 2.16. The van der Waals surface area contributed by atoms with Crippen molar-refractivity contribution in [2.24, 2.45) is 0 Å². The fourth-order valence-electron chi connectivity index (χ4n) is 2.24. The van der Waals surface area contributed by atoms with Crippen LogP contribution >= 0.6 is 0 Å². The summed E-state index contributed by atoms with van der Waals surface area (Å²) in [7, 11) is 0. The molecule has 1 aromatic heterocycles. The number of aliphatic hydroxyl groups excluding tert-OH is 1. The molecule has 3 nitrogen and oxygen atoms in total. The van der Waals surface area contributed by atoms with Crippen LogP contribution in [0.5, 0.6) is 5.75 Å². The zero-order valence-corrected chi connectivity index (χ0v) is 11.2. The number of para-hydroxylation sites is 1. The molecule has 20 heavy (non-hydrogen) atoms. The van der Waals surface area contributed by atoms with E-state index < -0.39 is 6.10 Å². The highest BCUT2D eigenvalue weighted by molar-refractivity contribution is 5.77. The summed E-state index contributed by atoms with van der Waals surface area (Å²) in [6.07, 6.45) is -0.789. The Balaban J connectivity index is 1.94. The summed E-state index contributed by atoms with van der Waals surface area (Å²) in [5, 5.41) is 11.4. The lowest BCUT2D eigenvalue weighted by Gasteiger charge is -2.10. The Labute approximate surface area is 117 Å². The van der Waals surface area contributed by atoms with Gasteiger partial charge in [0.1, 0.15) is 23.2 Å². The summed E-state index contributed by atoms with van der Waals surface area (Å²) >= 11 is 0. The first-order chi connectivity index (χ1) is 9.78. The van der Waals surface area contributed by atoms with E-state index in [4.69, 9.17) is 9.15 Å². The average Bonchev–Trinajstić information content (AvgIpc) is 2.91.